The lowest BCUT2D eigenvalue weighted by atomic mass is 9.87. The van der Waals surface area contributed by atoms with Crippen molar-refractivity contribution in [2.75, 3.05) is 37.6 Å². The Morgan fingerprint density at radius 2 is 1.81 bits per heavy atom. The zero-order valence-corrected chi connectivity index (χ0v) is 21.4. The predicted octanol–water partition coefficient (Wildman–Crippen LogP) is 4.40. The molecule has 7 heteroatoms. The van der Waals surface area contributed by atoms with Crippen LogP contribution in [0.3, 0.4) is 0 Å². The largest absolute Gasteiger partial charge is 0.356 e. The van der Waals surface area contributed by atoms with Gasteiger partial charge in [0, 0.05) is 49.1 Å². The molecule has 2 unspecified atom stereocenters. The molecule has 4 heterocycles. The van der Waals surface area contributed by atoms with Gasteiger partial charge in [-0.05, 0) is 64.4 Å². The minimum Gasteiger partial charge on any atom is -0.356 e. The molecular weight excluding hydrogens is 418 g/mol. The zero-order valence-electron chi connectivity index (χ0n) is 20.6. The molecular formula is C25H39N5OS. The minimum absolute atomic E-state index is 0.0137. The molecule has 0 spiro atoms. The molecule has 0 radical (unpaired) electrons. The number of hydrogen-bond acceptors (Lipinski definition) is 6. The topological polar surface area (TPSA) is 61.4 Å². The highest BCUT2D eigenvalue weighted by Crippen LogP contribution is 2.35. The van der Waals surface area contributed by atoms with Crippen LogP contribution >= 0.6 is 11.3 Å². The number of hydrogen-bond donors (Lipinski definition) is 1. The van der Waals surface area contributed by atoms with Crippen LogP contribution in [0.2, 0.25) is 0 Å². The molecule has 32 heavy (non-hydrogen) atoms. The Hall–Kier alpha value is -1.73. The lowest BCUT2D eigenvalue weighted by Crippen LogP contribution is -2.56. The summed E-state index contributed by atoms with van der Waals surface area (Å²) in [7, 11) is 0. The van der Waals surface area contributed by atoms with Crippen molar-refractivity contribution >= 4 is 33.3 Å². The summed E-state index contributed by atoms with van der Waals surface area (Å²) in [6.07, 6.45) is 4.73. The number of rotatable bonds is 5. The van der Waals surface area contributed by atoms with Crippen molar-refractivity contribution < 1.29 is 4.79 Å². The fourth-order valence-corrected chi connectivity index (χ4v) is 6.47. The van der Waals surface area contributed by atoms with Crippen molar-refractivity contribution in [2.45, 2.75) is 66.3 Å². The highest BCUT2D eigenvalue weighted by Gasteiger charge is 2.34. The fourth-order valence-electron chi connectivity index (χ4n) is 5.47. The summed E-state index contributed by atoms with van der Waals surface area (Å²) in [5.41, 5.74) is 1.27. The second-order valence-electron chi connectivity index (χ2n) is 10.8. The lowest BCUT2D eigenvalue weighted by Gasteiger charge is -2.45. The summed E-state index contributed by atoms with van der Waals surface area (Å²) in [4.78, 5) is 29.4. The molecule has 2 fully saturated rings. The first-order valence-corrected chi connectivity index (χ1v) is 13.0. The van der Waals surface area contributed by atoms with Crippen LogP contribution in [0.4, 0.5) is 5.82 Å². The summed E-state index contributed by atoms with van der Waals surface area (Å²) in [5, 5.41) is 4.48. The van der Waals surface area contributed by atoms with E-state index < -0.39 is 0 Å². The molecule has 0 saturated carbocycles. The average molecular weight is 458 g/mol. The van der Waals surface area contributed by atoms with Gasteiger partial charge in [-0.15, -0.1) is 11.3 Å². The zero-order chi connectivity index (χ0) is 23.0. The van der Waals surface area contributed by atoms with Crippen LogP contribution < -0.4 is 10.2 Å². The van der Waals surface area contributed by atoms with Gasteiger partial charge in [-0.1, -0.05) is 13.8 Å². The average Bonchev–Trinajstić information content (AvgIpc) is 3.05. The van der Waals surface area contributed by atoms with Gasteiger partial charge < -0.3 is 10.2 Å². The maximum atomic E-state index is 13.0. The van der Waals surface area contributed by atoms with E-state index in [4.69, 9.17) is 0 Å². The van der Waals surface area contributed by atoms with Crippen molar-refractivity contribution in [3.63, 3.8) is 0 Å². The lowest BCUT2D eigenvalue weighted by molar-refractivity contribution is -0.126. The van der Waals surface area contributed by atoms with Gasteiger partial charge in [0.2, 0.25) is 5.91 Å². The van der Waals surface area contributed by atoms with E-state index in [1.165, 1.54) is 22.2 Å². The summed E-state index contributed by atoms with van der Waals surface area (Å²) < 4.78 is 0. The third-order valence-electron chi connectivity index (χ3n) is 7.53. The molecule has 2 saturated heterocycles. The summed E-state index contributed by atoms with van der Waals surface area (Å²) >= 11 is 1.74. The third kappa shape index (κ3) is 4.79. The third-order valence-corrected chi connectivity index (χ3v) is 8.65. The highest BCUT2D eigenvalue weighted by atomic mass is 32.1. The number of anilines is 1. The first-order valence-electron chi connectivity index (χ1n) is 12.1. The molecule has 6 nitrogen and oxygen atoms in total. The standard InChI is InChI=1S/C25H39N5OS/c1-16-11-17(2)13-30(12-16)25(5,6)14-26-23(31)20-7-9-29(10-8-20)22-21-18(3)19(4)32-24(21)28-15-27-22/h15-17,20H,7-14H2,1-6H3,(H,26,31). The van der Waals surface area contributed by atoms with Crippen LogP contribution in [-0.2, 0) is 4.79 Å². The SMILES string of the molecule is Cc1sc2ncnc(N3CCC(C(=O)NCC(C)(C)N4CC(C)CC(C)C4)CC3)c2c1C. The number of likely N-dealkylation sites (tertiary alicyclic amines) is 1. The number of carbonyl (C=O) groups is 1. The first-order chi connectivity index (χ1) is 15.2. The summed E-state index contributed by atoms with van der Waals surface area (Å²) in [6.45, 7) is 18.2. The molecule has 2 aromatic heterocycles. The van der Waals surface area contributed by atoms with Crippen LogP contribution in [0, 0.1) is 31.6 Å². The van der Waals surface area contributed by atoms with Crippen molar-refractivity contribution in [3.8, 4) is 0 Å². The van der Waals surface area contributed by atoms with E-state index in [0.29, 0.717) is 6.54 Å². The Labute approximate surface area is 196 Å². The van der Waals surface area contributed by atoms with Crippen molar-refractivity contribution in [2.24, 2.45) is 17.8 Å². The molecule has 2 aliphatic rings. The van der Waals surface area contributed by atoms with Crippen LogP contribution in [0.1, 0.15) is 57.4 Å². The van der Waals surface area contributed by atoms with Gasteiger partial charge in [-0.3, -0.25) is 9.69 Å². The normalized spacial score (nSPS) is 23.6. The number of aryl methyl sites for hydroxylation is 2. The van der Waals surface area contributed by atoms with E-state index >= 15 is 0 Å². The second kappa shape index (κ2) is 9.26. The number of amides is 1. The summed E-state index contributed by atoms with van der Waals surface area (Å²) in [6, 6.07) is 0. The Balaban J connectivity index is 1.33. The van der Waals surface area contributed by atoms with E-state index in [9.17, 15) is 4.79 Å². The summed E-state index contributed by atoms with van der Waals surface area (Å²) in [5.74, 6) is 2.78. The van der Waals surface area contributed by atoms with Crippen LogP contribution in [0.15, 0.2) is 6.33 Å². The van der Waals surface area contributed by atoms with Crippen LogP contribution in [0.5, 0.6) is 0 Å². The maximum absolute atomic E-state index is 13.0. The molecule has 4 rings (SSSR count). The number of nitrogens with one attached hydrogen (secondary N) is 1. The van der Waals surface area contributed by atoms with Crippen LogP contribution in [-0.4, -0.2) is 59.0 Å². The number of nitrogens with zero attached hydrogens (tertiary/aromatic N) is 4. The molecule has 176 valence electrons. The van der Waals surface area contributed by atoms with Gasteiger partial charge in [-0.2, -0.15) is 0 Å². The number of piperidine rings is 2. The molecule has 2 aromatic rings. The Bertz CT molecular complexity index is 953. The second-order valence-corrected chi connectivity index (χ2v) is 12.0. The quantitative estimate of drug-likeness (QED) is 0.721. The van der Waals surface area contributed by atoms with Gasteiger partial charge in [0.1, 0.15) is 17.0 Å². The van der Waals surface area contributed by atoms with Crippen LogP contribution in [0.25, 0.3) is 10.2 Å². The Morgan fingerprint density at radius 1 is 1.16 bits per heavy atom. The minimum atomic E-state index is -0.0137. The molecule has 1 amide bonds. The van der Waals surface area contributed by atoms with Gasteiger partial charge in [0.15, 0.2) is 0 Å². The molecule has 0 aliphatic carbocycles. The molecule has 2 atom stereocenters. The van der Waals surface area contributed by atoms with Gasteiger partial charge in [0.25, 0.3) is 0 Å². The van der Waals surface area contributed by atoms with Gasteiger partial charge in [0.05, 0.1) is 5.39 Å². The maximum Gasteiger partial charge on any atom is 0.223 e. The number of aromatic nitrogens is 2. The molecule has 0 aromatic carbocycles. The highest BCUT2D eigenvalue weighted by molar-refractivity contribution is 7.18. The smallest absolute Gasteiger partial charge is 0.223 e. The van der Waals surface area contributed by atoms with E-state index in [2.05, 4.69) is 66.6 Å². The Kier molecular flexibility index (Phi) is 6.78. The molecule has 0 bridgehead atoms. The van der Waals surface area contributed by atoms with Crippen molar-refractivity contribution in [1.82, 2.24) is 20.2 Å². The molecule has 2 aliphatic heterocycles. The Morgan fingerprint density at radius 3 is 2.47 bits per heavy atom. The van der Waals surface area contributed by atoms with E-state index in [0.717, 1.165) is 61.5 Å². The van der Waals surface area contributed by atoms with E-state index in [-0.39, 0.29) is 17.4 Å². The van der Waals surface area contributed by atoms with E-state index in [1.54, 1.807) is 17.7 Å². The number of thiophene rings is 1. The first kappa shape index (κ1) is 23.4. The van der Waals surface area contributed by atoms with Gasteiger partial charge >= 0.3 is 0 Å². The molecule has 1 N–H and O–H groups in total. The number of fused-ring (bicyclic) bond motifs is 1. The van der Waals surface area contributed by atoms with E-state index in [1.807, 2.05) is 0 Å². The number of carbonyl (C=O) groups excluding carboxylic acids is 1. The van der Waals surface area contributed by atoms with Gasteiger partial charge in [-0.25, -0.2) is 9.97 Å². The van der Waals surface area contributed by atoms with Crippen molar-refractivity contribution in [1.29, 1.82) is 0 Å². The predicted molar refractivity (Wildman–Crippen MR) is 133 cm³/mol. The van der Waals surface area contributed by atoms with Crippen molar-refractivity contribution in [3.05, 3.63) is 16.8 Å². The monoisotopic (exact) mass is 457 g/mol. The fraction of sp³-hybridized carbons (Fsp3) is 0.720.